The molecule has 0 heterocycles. The van der Waals surface area contributed by atoms with Crippen LogP contribution in [0.5, 0.6) is 0 Å². The van der Waals surface area contributed by atoms with Gasteiger partial charge in [-0.1, -0.05) is 57.6 Å². The molecule has 0 aromatic carbocycles. The van der Waals surface area contributed by atoms with Crippen molar-refractivity contribution in [1.29, 1.82) is 0 Å². The van der Waals surface area contributed by atoms with E-state index >= 15 is 0 Å². The van der Waals surface area contributed by atoms with Gasteiger partial charge in [-0.05, 0) is 52.4 Å². The van der Waals surface area contributed by atoms with Gasteiger partial charge in [-0.3, -0.25) is 4.79 Å². The summed E-state index contributed by atoms with van der Waals surface area (Å²) in [6.45, 7) is 5.31. The molecule has 142 valence electrons. The number of unbranched alkanes of at least 4 members (excludes halogenated alkanes) is 7. The summed E-state index contributed by atoms with van der Waals surface area (Å²) in [6.07, 6.45) is 17.8. The van der Waals surface area contributed by atoms with Gasteiger partial charge < -0.3 is 10.2 Å². The minimum Gasteiger partial charge on any atom is -0.393 e. The Morgan fingerprint density at radius 2 is 1.54 bits per heavy atom. The van der Waals surface area contributed by atoms with E-state index in [0.717, 1.165) is 51.4 Å². The number of aliphatic hydroxyl groups excluding tert-OH is 1. The molecule has 0 aliphatic carbocycles. The molecule has 0 aromatic heterocycles. The molecule has 3 nitrogen and oxygen atoms in total. The van der Waals surface area contributed by atoms with Crippen molar-refractivity contribution < 1.29 is 15.0 Å². The van der Waals surface area contributed by atoms with Crippen molar-refractivity contribution in [3.05, 3.63) is 12.2 Å². The van der Waals surface area contributed by atoms with E-state index in [1.807, 2.05) is 0 Å². The van der Waals surface area contributed by atoms with E-state index in [4.69, 9.17) is 0 Å². The molecule has 1 unspecified atom stereocenters. The molecule has 0 aromatic rings. The molecule has 0 spiro atoms. The van der Waals surface area contributed by atoms with Gasteiger partial charge in [0.1, 0.15) is 5.60 Å². The summed E-state index contributed by atoms with van der Waals surface area (Å²) in [4.78, 5) is 11.5. The molecular formula is C21H40O3. The molecule has 0 saturated carbocycles. The van der Waals surface area contributed by atoms with Gasteiger partial charge in [0.2, 0.25) is 0 Å². The lowest BCUT2D eigenvalue weighted by Crippen LogP contribution is -2.30. The van der Waals surface area contributed by atoms with E-state index in [2.05, 4.69) is 19.1 Å². The first kappa shape index (κ1) is 23.3. The van der Waals surface area contributed by atoms with Crippen LogP contribution in [0.3, 0.4) is 0 Å². The maximum Gasteiger partial charge on any atom is 0.163 e. The molecule has 0 aliphatic heterocycles. The monoisotopic (exact) mass is 340 g/mol. The van der Waals surface area contributed by atoms with Gasteiger partial charge in [0.05, 0.1) is 6.10 Å². The first-order valence-electron chi connectivity index (χ1n) is 9.96. The SMILES string of the molecule is CCCCCC(O)CC/C=C\CCCCCCCC(=O)C(C)(C)O. The third-order valence-corrected chi connectivity index (χ3v) is 4.43. The number of ketones is 1. The summed E-state index contributed by atoms with van der Waals surface area (Å²) in [5.41, 5.74) is -1.17. The lowest BCUT2D eigenvalue weighted by Gasteiger charge is -2.14. The van der Waals surface area contributed by atoms with Crippen LogP contribution in [0.4, 0.5) is 0 Å². The molecule has 0 fully saturated rings. The van der Waals surface area contributed by atoms with Crippen LogP contribution in [0.1, 0.15) is 104 Å². The molecule has 3 heteroatoms. The molecule has 0 amide bonds. The van der Waals surface area contributed by atoms with Crippen LogP contribution in [0, 0.1) is 0 Å². The van der Waals surface area contributed by atoms with Gasteiger partial charge in [-0.25, -0.2) is 0 Å². The predicted octanol–water partition coefficient (Wildman–Crippen LogP) is 5.33. The molecule has 0 saturated heterocycles. The van der Waals surface area contributed by atoms with Gasteiger partial charge in [-0.15, -0.1) is 0 Å². The fourth-order valence-electron chi connectivity index (χ4n) is 2.68. The zero-order valence-corrected chi connectivity index (χ0v) is 16.2. The van der Waals surface area contributed by atoms with Crippen LogP contribution in [-0.4, -0.2) is 27.7 Å². The van der Waals surface area contributed by atoms with Crippen LogP contribution >= 0.6 is 0 Å². The predicted molar refractivity (Wildman–Crippen MR) is 102 cm³/mol. The Kier molecular flexibility index (Phi) is 14.2. The minimum atomic E-state index is -1.17. The van der Waals surface area contributed by atoms with Gasteiger partial charge >= 0.3 is 0 Å². The second-order valence-electron chi connectivity index (χ2n) is 7.49. The lowest BCUT2D eigenvalue weighted by molar-refractivity contribution is -0.134. The number of allylic oxidation sites excluding steroid dienone is 2. The lowest BCUT2D eigenvalue weighted by atomic mass is 9.98. The zero-order valence-electron chi connectivity index (χ0n) is 16.2. The Balaban J connectivity index is 3.37. The molecule has 0 rings (SSSR count). The number of rotatable bonds is 16. The molecule has 2 N–H and O–H groups in total. The van der Waals surface area contributed by atoms with Crippen LogP contribution < -0.4 is 0 Å². The Hall–Kier alpha value is -0.670. The number of carbonyl (C=O) groups excluding carboxylic acids is 1. The summed E-state index contributed by atoms with van der Waals surface area (Å²) in [7, 11) is 0. The highest BCUT2D eigenvalue weighted by molar-refractivity contribution is 5.86. The van der Waals surface area contributed by atoms with Crippen LogP contribution in [0.2, 0.25) is 0 Å². The number of hydrogen-bond acceptors (Lipinski definition) is 3. The number of aliphatic hydroxyl groups is 2. The normalized spacial score (nSPS) is 13.5. The third-order valence-electron chi connectivity index (χ3n) is 4.43. The number of carbonyl (C=O) groups is 1. The molecule has 0 aliphatic rings. The van der Waals surface area contributed by atoms with Gasteiger partial charge in [0.25, 0.3) is 0 Å². The summed E-state index contributed by atoms with van der Waals surface area (Å²) < 4.78 is 0. The third kappa shape index (κ3) is 14.9. The van der Waals surface area contributed by atoms with Crippen molar-refractivity contribution in [2.24, 2.45) is 0 Å². The molecule has 0 radical (unpaired) electrons. The maximum atomic E-state index is 11.5. The summed E-state index contributed by atoms with van der Waals surface area (Å²) >= 11 is 0. The molecule has 1 atom stereocenters. The Morgan fingerprint density at radius 3 is 2.21 bits per heavy atom. The van der Waals surface area contributed by atoms with E-state index in [1.54, 1.807) is 13.8 Å². The average molecular weight is 341 g/mol. The van der Waals surface area contributed by atoms with Crippen molar-refractivity contribution >= 4 is 5.78 Å². The van der Waals surface area contributed by atoms with Gasteiger partial charge in [0, 0.05) is 6.42 Å². The highest BCUT2D eigenvalue weighted by Gasteiger charge is 2.22. The fourth-order valence-corrected chi connectivity index (χ4v) is 2.68. The Bertz CT molecular complexity index is 328. The first-order chi connectivity index (χ1) is 11.4. The van der Waals surface area contributed by atoms with Gasteiger partial charge in [-0.2, -0.15) is 0 Å². The van der Waals surface area contributed by atoms with Crippen LogP contribution in [0.25, 0.3) is 0 Å². The molecular weight excluding hydrogens is 300 g/mol. The topological polar surface area (TPSA) is 57.5 Å². The van der Waals surface area contributed by atoms with E-state index < -0.39 is 5.60 Å². The van der Waals surface area contributed by atoms with E-state index in [1.165, 1.54) is 25.7 Å². The highest BCUT2D eigenvalue weighted by Crippen LogP contribution is 2.13. The summed E-state index contributed by atoms with van der Waals surface area (Å²) in [5.74, 6) is -0.0534. The van der Waals surface area contributed by atoms with Crippen LogP contribution in [-0.2, 0) is 4.79 Å². The van der Waals surface area contributed by atoms with Crippen molar-refractivity contribution in [3.63, 3.8) is 0 Å². The average Bonchev–Trinajstić information content (AvgIpc) is 2.51. The van der Waals surface area contributed by atoms with E-state index in [-0.39, 0.29) is 11.9 Å². The highest BCUT2D eigenvalue weighted by atomic mass is 16.3. The number of Topliss-reactive ketones (excluding diaryl/α,β-unsaturated/α-hetero) is 1. The minimum absolute atomic E-state index is 0.0534. The smallest absolute Gasteiger partial charge is 0.163 e. The van der Waals surface area contributed by atoms with Gasteiger partial charge in [0.15, 0.2) is 5.78 Å². The summed E-state index contributed by atoms with van der Waals surface area (Å²) in [5, 5.41) is 19.4. The Labute approximate surface area is 149 Å². The fraction of sp³-hybridized carbons (Fsp3) is 0.857. The largest absolute Gasteiger partial charge is 0.393 e. The second kappa shape index (κ2) is 14.7. The van der Waals surface area contributed by atoms with E-state index in [9.17, 15) is 15.0 Å². The molecule has 0 bridgehead atoms. The number of hydrogen-bond donors (Lipinski definition) is 2. The van der Waals surface area contributed by atoms with Crippen molar-refractivity contribution in [2.75, 3.05) is 0 Å². The Morgan fingerprint density at radius 1 is 0.917 bits per heavy atom. The first-order valence-corrected chi connectivity index (χ1v) is 9.96. The van der Waals surface area contributed by atoms with Crippen molar-refractivity contribution in [1.82, 2.24) is 0 Å². The van der Waals surface area contributed by atoms with Crippen molar-refractivity contribution in [2.45, 2.75) is 116 Å². The van der Waals surface area contributed by atoms with Crippen molar-refractivity contribution in [3.8, 4) is 0 Å². The van der Waals surface area contributed by atoms with Crippen LogP contribution in [0.15, 0.2) is 12.2 Å². The quantitative estimate of drug-likeness (QED) is 0.295. The zero-order chi connectivity index (χ0) is 18.3. The van der Waals surface area contributed by atoms with E-state index in [0.29, 0.717) is 6.42 Å². The standard InChI is InChI=1S/C21H40O3/c1-4-5-13-16-19(22)17-14-11-9-7-6-8-10-12-15-18-20(23)21(2,3)24/h9,11,19,22,24H,4-8,10,12-18H2,1-3H3/b11-9-. The second-order valence-corrected chi connectivity index (χ2v) is 7.49. The maximum absolute atomic E-state index is 11.5. The molecule has 24 heavy (non-hydrogen) atoms. The summed E-state index contributed by atoms with van der Waals surface area (Å²) in [6, 6.07) is 0.